The summed E-state index contributed by atoms with van der Waals surface area (Å²) in [7, 11) is 0. The molecule has 2 atom stereocenters. The minimum atomic E-state index is 0.114. The van der Waals surface area contributed by atoms with Crippen molar-refractivity contribution < 1.29 is 9.53 Å². The van der Waals surface area contributed by atoms with Crippen LogP contribution in [0.4, 0.5) is 11.5 Å². The van der Waals surface area contributed by atoms with E-state index in [1.807, 2.05) is 53.4 Å². The molecule has 3 aromatic rings. The van der Waals surface area contributed by atoms with Gasteiger partial charge in [-0.05, 0) is 50.2 Å². The van der Waals surface area contributed by atoms with Crippen molar-refractivity contribution in [3.63, 3.8) is 0 Å². The summed E-state index contributed by atoms with van der Waals surface area (Å²) >= 11 is 7.50. The second kappa shape index (κ2) is 10.6. The topological polar surface area (TPSA) is 61.8 Å². The third kappa shape index (κ3) is 5.66. The van der Waals surface area contributed by atoms with Crippen molar-refractivity contribution in [2.75, 3.05) is 54.8 Å². The van der Waals surface area contributed by atoms with Crippen LogP contribution in [0.5, 0.6) is 0 Å². The fourth-order valence-electron chi connectivity index (χ4n) is 4.72. The summed E-state index contributed by atoms with van der Waals surface area (Å²) in [5, 5.41) is 1.54. The molecule has 2 unspecified atom stereocenters. The number of benzene rings is 2. The lowest BCUT2D eigenvalue weighted by atomic mass is 10.2. The quantitative estimate of drug-likeness (QED) is 0.472. The number of piperazine rings is 1. The summed E-state index contributed by atoms with van der Waals surface area (Å²) < 4.78 is 5.92. The molecule has 2 aliphatic rings. The molecular weight excluding hydrogens is 482 g/mol. The molecular formula is C26H30ClN5O2S. The van der Waals surface area contributed by atoms with Crippen LogP contribution in [0, 0.1) is 0 Å². The molecule has 0 N–H and O–H groups in total. The van der Waals surface area contributed by atoms with Crippen LogP contribution < -0.4 is 9.80 Å². The first-order valence-electron chi connectivity index (χ1n) is 12.0. The Balaban J connectivity index is 1.27. The number of aromatic nitrogens is 2. The van der Waals surface area contributed by atoms with E-state index in [1.165, 1.54) is 11.8 Å². The number of ether oxygens (including phenoxy) is 1. The minimum Gasteiger partial charge on any atom is -0.372 e. The number of para-hydroxylation sites is 2. The molecule has 184 valence electrons. The molecule has 0 saturated carbocycles. The fraction of sp³-hybridized carbons (Fsp3) is 0.423. The largest absolute Gasteiger partial charge is 0.372 e. The zero-order chi connectivity index (χ0) is 24.4. The SMILES string of the molecule is CC1CN(c2nc3ccccc3nc2SCC(=O)N2CCN(c3ccc(Cl)cc3)CC2)CC(C)O1. The first-order chi connectivity index (χ1) is 17.0. The van der Waals surface area contributed by atoms with E-state index in [2.05, 4.69) is 23.6 Å². The minimum absolute atomic E-state index is 0.114. The van der Waals surface area contributed by atoms with Crippen LogP contribution in [0.15, 0.2) is 53.6 Å². The first kappa shape index (κ1) is 24.2. The summed E-state index contributed by atoms with van der Waals surface area (Å²) in [6.45, 7) is 8.70. The Bertz CT molecular complexity index is 1180. The van der Waals surface area contributed by atoms with E-state index in [1.54, 1.807) is 0 Å². The number of thioether (sulfide) groups is 1. The average Bonchev–Trinajstić information content (AvgIpc) is 2.86. The average molecular weight is 512 g/mol. The predicted molar refractivity (Wildman–Crippen MR) is 143 cm³/mol. The van der Waals surface area contributed by atoms with E-state index < -0.39 is 0 Å². The Morgan fingerprint density at radius 1 is 0.943 bits per heavy atom. The molecule has 0 aliphatic carbocycles. The van der Waals surface area contributed by atoms with E-state index in [-0.39, 0.29) is 18.1 Å². The number of halogens is 1. The summed E-state index contributed by atoms with van der Waals surface area (Å²) in [6.07, 6.45) is 0.229. The molecule has 3 heterocycles. The zero-order valence-electron chi connectivity index (χ0n) is 20.1. The third-order valence-corrected chi connectivity index (χ3v) is 7.59. The lowest BCUT2D eigenvalue weighted by Crippen LogP contribution is -2.49. The molecule has 0 spiro atoms. The van der Waals surface area contributed by atoms with E-state index >= 15 is 0 Å². The Kier molecular flexibility index (Phi) is 7.32. The number of carbonyl (C=O) groups is 1. The van der Waals surface area contributed by atoms with E-state index in [0.717, 1.165) is 58.8 Å². The van der Waals surface area contributed by atoms with Gasteiger partial charge in [-0.1, -0.05) is 35.5 Å². The van der Waals surface area contributed by atoms with Crippen molar-refractivity contribution in [1.29, 1.82) is 0 Å². The van der Waals surface area contributed by atoms with E-state index in [0.29, 0.717) is 18.8 Å². The molecule has 9 heteroatoms. The number of amides is 1. The molecule has 2 fully saturated rings. The van der Waals surface area contributed by atoms with Crippen LogP contribution in [0.3, 0.4) is 0 Å². The maximum absolute atomic E-state index is 13.1. The second-order valence-electron chi connectivity index (χ2n) is 9.14. The van der Waals surface area contributed by atoms with Crippen LogP contribution >= 0.6 is 23.4 Å². The summed E-state index contributed by atoms with van der Waals surface area (Å²) in [4.78, 5) is 29.4. The highest BCUT2D eigenvalue weighted by Crippen LogP contribution is 2.31. The van der Waals surface area contributed by atoms with Gasteiger partial charge in [0, 0.05) is 50.0 Å². The summed E-state index contributed by atoms with van der Waals surface area (Å²) in [5.74, 6) is 1.32. The molecule has 2 aromatic carbocycles. The normalized spacial score (nSPS) is 20.9. The van der Waals surface area contributed by atoms with Gasteiger partial charge in [0.25, 0.3) is 0 Å². The molecule has 5 rings (SSSR count). The predicted octanol–water partition coefficient (Wildman–Crippen LogP) is 4.34. The van der Waals surface area contributed by atoms with Crippen LogP contribution in [-0.2, 0) is 9.53 Å². The first-order valence-corrected chi connectivity index (χ1v) is 13.4. The Morgan fingerprint density at radius 2 is 1.57 bits per heavy atom. The van der Waals surface area contributed by atoms with Crippen LogP contribution in [-0.4, -0.2) is 78.0 Å². The number of fused-ring (bicyclic) bond motifs is 1. The van der Waals surface area contributed by atoms with Crippen LogP contribution in [0.2, 0.25) is 5.02 Å². The highest BCUT2D eigenvalue weighted by atomic mass is 35.5. The van der Waals surface area contributed by atoms with Gasteiger partial charge in [0.2, 0.25) is 5.91 Å². The van der Waals surface area contributed by atoms with Gasteiger partial charge >= 0.3 is 0 Å². The van der Waals surface area contributed by atoms with Crippen molar-refractivity contribution >= 4 is 51.8 Å². The lowest BCUT2D eigenvalue weighted by Gasteiger charge is -2.37. The Labute approximate surface area is 215 Å². The highest BCUT2D eigenvalue weighted by Gasteiger charge is 2.27. The van der Waals surface area contributed by atoms with Crippen molar-refractivity contribution in [3.8, 4) is 0 Å². The monoisotopic (exact) mass is 511 g/mol. The van der Waals surface area contributed by atoms with E-state index in [9.17, 15) is 4.79 Å². The molecule has 0 bridgehead atoms. The number of rotatable bonds is 5. The van der Waals surface area contributed by atoms with Gasteiger partial charge in [-0.2, -0.15) is 0 Å². The maximum atomic E-state index is 13.1. The third-order valence-electron chi connectivity index (χ3n) is 6.40. The molecule has 7 nitrogen and oxygen atoms in total. The zero-order valence-corrected chi connectivity index (χ0v) is 21.6. The Morgan fingerprint density at radius 3 is 2.23 bits per heavy atom. The molecule has 2 aliphatic heterocycles. The molecule has 35 heavy (non-hydrogen) atoms. The molecule has 1 aromatic heterocycles. The van der Waals surface area contributed by atoms with Gasteiger partial charge < -0.3 is 19.4 Å². The second-order valence-corrected chi connectivity index (χ2v) is 10.5. The number of anilines is 2. The molecule has 1 amide bonds. The smallest absolute Gasteiger partial charge is 0.233 e. The maximum Gasteiger partial charge on any atom is 0.233 e. The van der Waals surface area contributed by atoms with Gasteiger partial charge in [0.15, 0.2) is 5.82 Å². The van der Waals surface area contributed by atoms with Gasteiger partial charge in [-0.15, -0.1) is 0 Å². The number of hydrogen-bond donors (Lipinski definition) is 0. The standard InChI is InChI=1S/C26H30ClN5O2S/c1-18-15-32(16-19(2)34-18)25-26(29-23-6-4-3-5-22(23)28-25)35-17-24(33)31-13-11-30(12-14-31)21-9-7-20(27)8-10-21/h3-10,18-19H,11-17H2,1-2H3. The fourth-order valence-corrected chi connectivity index (χ4v) is 5.75. The van der Waals surface area contributed by atoms with E-state index in [4.69, 9.17) is 26.3 Å². The van der Waals surface area contributed by atoms with Gasteiger partial charge in [-0.3, -0.25) is 4.79 Å². The summed E-state index contributed by atoms with van der Waals surface area (Å²) in [6, 6.07) is 15.8. The number of carbonyl (C=O) groups excluding carboxylic acids is 1. The van der Waals surface area contributed by atoms with Gasteiger partial charge in [0.05, 0.1) is 29.0 Å². The number of hydrogen-bond acceptors (Lipinski definition) is 7. The van der Waals surface area contributed by atoms with Gasteiger partial charge in [0.1, 0.15) is 5.03 Å². The van der Waals surface area contributed by atoms with Crippen molar-refractivity contribution in [1.82, 2.24) is 14.9 Å². The van der Waals surface area contributed by atoms with Crippen molar-refractivity contribution in [2.45, 2.75) is 31.1 Å². The lowest BCUT2D eigenvalue weighted by molar-refractivity contribution is -0.128. The Hall–Kier alpha value is -2.55. The van der Waals surface area contributed by atoms with Crippen LogP contribution in [0.25, 0.3) is 11.0 Å². The molecule has 0 radical (unpaired) electrons. The highest BCUT2D eigenvalue weighted by molar-refractivity contribution is 8.00. The number of morpholine rings is 1. The van der Waals surface area contributed by atoms with Crippen molar-refractivity contribution in [3.05, 3.63) is 53.6 Å². The van der Waals surface area contributed by atoms with Crippen molar-refractivity contribution in [2.24, 2.45) is 0 Å². The van der Waals surface area contributed by atoms with Crippen LogP contribution in [0.1, 0.15) is 13.8 Å². The van der Waals surface area contributed by atoms with Gasteiger partial charge in [-0.25, -0.2) is 9.97 Å². The number of nitrogens with zero attached hydrogens (tertiary/aromatic N) is 5. The summed E-state index contributed by atoms with van der Waals surface area (Å²) in [5.41, 5.74) is 2.85. The molecule has 2 saturated heterocycles.